The van der Waals surface area contributed by atoms with Crippen LogP contribution in [0.1, 0.15) is 38.5 Å². The summed E-state index contributed by atoms with van der Waals surface area (Å²) in [5.74, 6) is 0.628. The Bertz CT molecular complexity index is 1520. The number of rotatable bonds is 6. The molecule has 5 rings (SSSR count). The number of ketones is 1. The van der Waals surface area contributed by atoms with Gasteiger partial charge in [0, 0.05) is 11.5 Å². The standard InChI is InChI=1S/C31H23F3O4/c1-36-25-15-14-19(17-27(25)37-2)16-24-28(20-8-4-3-5-9-20)23-12-7-13-26(29(23)30(24)35)38-22-11-6-10-21(18-22)31(32,33)34/h3-18,28H,1-2H3. The fraction of sp³-hybridized carbons (Fsp3) is 0.129. The van der Waals surface area contributed by atoms with Gasteiger partial charge >= 0.3 is 6.18 Å². The van der Waals surface area contributed by atoms with E-state index in [-0.39, 0.29) is 17.3 Å². The maximum atomic E-state index is 13.9. The Morgan fingerprint density at radius 2 is 1.50 bits per heavy atom. The van der Waals surface area contributed by atoms with Crippen molar-refractivity contribution in [3.63, 3.8) is 0 Å². The molecule has 0 radical (unpaired) electrons. The Morgan fingerprint density at radius 1 is 0.763 bits per heavy atom. The number of carbonyl (C=O) groups is 1. The largest absolute Gasteiger partial charge is 0.493 e. The molecule has 1 aliphatic rings. The number of hydrogen-bond donors (Lipinski definition) is 0. The summed E-state index contributed by atoms with van der Waals surface area (Å²) >= 11 is 0. The number of allylic oxidation sites excluding steroid dienone is 1. The molecule has 0 aliphatic heterocycles. The molecule has 0 fully saturated rings. The van der Waals surface area contributed by atoms with Crippen LogP contribution >= 0.6 is 0 Å². The molecule has 4 aromatic rings. The van der Waals surface area contributed by atoms with E-state index in [9.17, 15) is 18.0 Å². The highest BCUT2D eigenvalue weighted by atomic mass is 19.4. The zero-order valence-electron chi connectivity index (χ0n) is 20.6. The topological polar surface area (TPSA) is 44.8 Å². The maximum absolute atomic E-state index is 13.9. The molecule has 0 bridgehead atoms. The number of fused-ring (bicyclic) bond motifs is 1. The van der Waals surface area contributed by atoms with Gasteiger partial charge in [-0.2, -0.15) is 13.2 Å². The first-order valence-corrected chi connectivity index (χ1v) is 11.8. The van der Waals surface area contributed by atoms with E-state index in [4.69, 9.17) is 14.2 Å². The van der Waals surface area contributed by atoms with Crippen LogP contribution in [0.5, 0.6) is 23.0 Å². The second-order valence-corrected chi connectivity index (χ2v) is 8.73. The van der Waals surface area contributed by atoms with Crippen molar-refractivity contribution in [3.8, 4) is 23.0 Å². The number of halogens is 3. The first-order valence-electron chi connectivity index (χ1n) is 11.8. The summed E-state index contributed by atoms with van der Waals surface area (Å²) in [6.07, 6.45) is -2.71. The zero-order valence-corrected chi connectivity index (χ0v) is 20.6. The molecule has 4 aromatic carbocycles. The highest BCUT2D eigenvalue weighted by Gasteiger charge is 2.38. The van der Waals surface area contributed by atoms with Crippen LogP contribution in [-0.4, -0.2) is 20.0 Å². The van der Waals surface area contributed by atoms with Crippen LogP contribution < -0.4 is 14.2 Å². The van der Waals surface area contributed by atoms with Crippen LogP contribution in [0.4, 0.5) is 13.2 Å². The van der Waals surface area contributed by atoms with Gasteiger partial charge in [0.05, 0.1) is 25.3 Å². The van der Waals surface area contributed by atoms with Crippen LogP contribution in [-0.2, 0) is 6.18 Å². The van der Waals surface area contributed by atoms with E-state index in [1.807, 2.05) is 42.5 Å². The SMILES string of the molecule is COc1ccc(C=C2C(=O)c3c(Oc4cccc(C(F)(F)F)c4)cccc3C2c2ccccc2)cc1OC. The predicted molar refractivity (Wildman–Crippen MR) is 138 cm³/mol. The van der Waals surface area contributed by atoms with Crippen LogP contribution in [0, 0.1) is 0 Å². The molecule has 1 aliphatic carbocycles. The van der Waals surface area contributed by atoms with Gasteiger partial charge in [-0.25, -0.2) is 0 Å². The molecule has 0 saturated carbocycles. The Balaban J connectivity index is 1.62. The van der Waals surface area contributed by atoms with Gasteiger partial charge in [0.25, 0.3) is 0 Å². The van der Waals surface area contributed by atoms with E-state index >= 15 is 0 Å². The molecular formula is C31H23F3O4. The number of hydrogen-bond acceptors (Lipinski definition) is 4. The minimum atomic E-state index is -4.51. The van der Waals surface area contributed by atoms with Gasteiger partial charge in [0.15, 0.2) is 17.3 Å². The van der Waals surface area contributed by atoms with E-state index in [0.717, 1.165) is 28.8 Å². The second kappa shape index (κ2) is 10.1. The lowest BCUT2D eigenvalue weighted by molar-refractivity contribution is -0.137. The fourth-order valence-electron chi connectivity index (χ4n) is 4.70. The summed E-state index contributed by atoms with van der Waals surface area (Å²) in [6, 6.07) is 24.7. The first kappa shape index (κ1) is 25.1. The van der Waals surface area contributed by atoms with Crippen molar-refractivity contribution in [2.45, 2.75) is 12.1 Å². The molecule has 0 spiro atoms. The molecule has 192 valence electrons. The van der Waals surface area contributed by atoms with Crippen molar-refractivity contribution < 1.29 is 32.2 Å². The molecule has 0 aromatic heterocycles. The molecule has 4 nitrogen and oxygen atoms in total. The van der Waals surface area contributed by atoms with Crippen molar-refractivity contribution in [3.05, 3.63) is 124 Å². The molecule has 1 unspecified atom stereocenters. The predicted octanol–water partition coefficient (Wildman–Crippen LogP) is 7.93. The molecule has 0 amide bonds. The Hall–Kier alpha value is -4.52. The van der Waals surface area contributed by atoms with Gasteiger partial charge in [0.2, 0.25) is 0 Å². The third-order valence-corrected chi connectivity index (χ3v) is 6.42. The Kier molecular flexibility index (Phi) is 6.68. The molecule has 38 heavy (non-hydrogen) atoms. The first-order chi connectivity index (χ1) is 18.3. The van der Waals surface area contributed by atoms with Gasteiger partial charge < -0.3 is 14.2 Å². The average Bonchev–Trinajstić information content (AvgIpc) is 3.20. The van der Waals surface area contributed by atoms with Crippen molar-refractivity contribution in [2.75, 3.05) is 14.2 Å². The lowest BCUT2D eigenvalue weighted by Crippen LogP contribution is -2.05. The lowest BCUT2D eigenvalue weighted by Gasteiger charge is -2.15. The third-order valence-electron chi connectivity index (χ3n) is 6.42. The molecule has 0 saturated heterocycles. The Morgan fingerprint density at radius 3 is 2.21 bits per heavy atom. The fourth-order valence-corrected chi connectivity index (χ4v) is 4.70. The monoisotopic (exact) mass is 516 g/mol. The molecule has 0 heterocycles. The van der Waals surface area contributed by atoms with Crippen molar-refractivity contribution >= 4 is 11.9 Å². The number of ether oxygens (including phenoxy) is 3. The molecule has 1 atom stereocenters. The summed E-state index contributed by atoms with van der Waals surface area (Å²) < 4.78 is 56.4. The van der Waals surface area contributed by atoms with Gasteiger partial charge in [-0.3, -0.25) is 4.79 Å². The number of methoxy groups -OCH3 is 2. The van der Waals surface area contributed by atoms with Gasteiger partial charge in [-0.05, 0) is 59.2 Å². The van der Waals surface area contributed by atoms with E-state index in [0.29, 0.717) is 22.6 Å². The van der Waals surface area contributed by atoms with Gasteiger partial charge in [0.1, 0.15) is 11.5 Å². The minimum absolute atomic E-state index is 0.00499. The minimum Gasteiger partial charge on any atom is -0.493 e. The van der Waals surface area contributed by atoms with Crippen LogP contribution in [0.3, 0.4) is 0 Å². The van der Waals surface area contributed by atoms with Crippen LogP contribution in [0.15, 0.2) is 96.6 Å². The van der Waals surface area contributed by atoms with E-state index in [2.05, 4.69) is 0 Å². The summed E-state index contributed by atoms with van der Waals surface area (Å²) in [7, 11) is 3.08. The Labute approximate surface area is 217 Å². The maximum Gasteiger partial charge on any atom is 0.416 e. The summed E-state index contributed by atoms with van der Waals surface area (Å²) in [6.45, 7) is 0. The number of benzene rings is 4. The van der Waals surface area contributed by atoms with Gasteiger partial charge in [-0.15, -0.1) is 0 Å². The van der Waals surface area contributed by atoms with Crippen molar-refractivity contribution in [2.24, 2.45) is 0 Å². The summed E-state index contributed by atoms with van der Waals surface area (Å²) in [4.78, 5) is 13.9. The van der Waals surface area contributed by atoms with Crippen LogP contribution in [0.2, 0.25) is 0 Å². The third kappa shape index (κ3) is 4.75. The van der Waals surface area contributed by atoms with E-state index in [1.54, 1.807) is 37.5 Å². The molecular weight excluding hydrogens is 493 g/mol. The zero-order chi connectivity index (χ0) is 26.9. The normalized spacial score (nSPS) is 15.9. The van der Waals surface area contributed by atoms with Crippen molar-refractivity contribution in [1.29, 1.82) is 0 Å². The van der Waals surface area contributed by atoms with Crippen LogP contribution in [0.25, 0.3) is 6.08 Å². The number of Topliss-reactive ketones (excluding diaryl/α,β-unsaturated/α-hetero) is 1. The summed E-state index contributed by atoms with van der Waals surface area (Å²) in [5.41, 5.74) is 2.37. The molecule has 0 N–H and O–H groups in total. The highest BCUT2D eigenvalue weighted by molar-refractivity contribution is 6.19. The lowest BCUT2D eigenvalue weighted by atomic mass is 9.89. The number of alkyl halides is 3. The van der Waals surface area contributed by atoms with E-state index < -0.39 is 17.7 Å². The van der Waals surface area contributed by atoms with Crippen molar-refractivity contribution in [1.82, 2.24) is 0 Å². The van der Waals surface area contributed by atoms with Gasteiger partial charge in [-0.1, -0.05) is 54.6 Å². The molecule has 7 heteroatoms. The quantitative estimate of drug-likeness (QED) is 0.244. The summed E-state index contributed by atoms with van der Waals surface area (Å²) in [5, 5.41) is 0. The highest BCUT2D eigenvalue weighted by Crippen LogP contribution is 2.47. The number of carbonyl (C=O) groups excluding carboxylic acids is 1. The average molecular weight is 517 g/mol. The second-order valence-electron chi connectivity index (χ2n) is 8.73. The van der Waals surface area contributed by atoms with E-state index in [1.165, 1.54) is 19.2 Å². The smallest absolute Gasteiger partial charge is 0.416 e.